The second-order valence-corrected chi connectivity index (χ2v) is 8.24. The molecule has 1 aliphatic rings. The average Bonchev–Trinajstić information content (AvgIpc) is 3.00. The van der Waals surface area contributed by atoms with Crippen molar-refractivity contribution in [2.24, 2.45) is 11.8 Å². The van der Waals surface area contributed by atoms with Crippen LogP contribution in [0.4, 0.5) is 0 Å². The number of nitriles is 1. The molecule has 1 saturated heterocycles. The molecule has 0 N–H and O–H groups in total. The molecule has 0 aliphatic carbocycles. The van der Waals surface area contributed by atoms with Crippen LogP contribution in [0.1, 0.15) is 26.0 Å². The average molecular weight is 345 g/mol. The van der Waals surface area contributed by atoms with Crippen molar-refractivity contribution in [2.75, 3.05) is 13.1 Å². The van der Waals surface area contributed by atoms with Crippen molar-refractivity contribution in [1.82, 2.24) is 9.29 Å². The van der Waals surface area contributed by atoms with Gasteiger partial charge in [-0.15, -0.1) is 0 Å². The molecule has 3 rings (SSSR count). The highest BCUT2D eigenvalue weighted by Crippen LogP contribution is 2.30. The number of sulfonamides is 1. The SMILES string of the molecule is C[C@H]1C[C@H](C)CN(S(=O)(=O)c2oc(-c3ccccc3)nc2C#N)C1. The van der Waals surface area contributed by atoms with E-state index >= 15 is 0 Å². The third-order valence-corrected chi connectivity index (χ3v) is 5.86. The van der Waals surface area contributed by atoms with Gasteiger partial charge in [-0.25, -0.2) is 8.42 Å². The molecule has 2 heterocycles. The van der Waals surface area contributed by atoms with Crippen molar-refractivity contribution in [3.05, 3.63) is 36.0 Å². The maximum atomic E-state index is 12.9. The van der Waals surface area contributed by atoms with E-state index in [9.17, 15) is 13.7 Å². The Morgan fingerprint density at radius 2 is 1.83 bits per heavy atom. The summed E-state index contributed by atoms with van der Waals surface area (Å²) in [6.45, 7) is 4.91. The Balaban J connectivity index is 2.02. The molecule has 7 heteroatoms. The van der Waals surface area contributed by atoms with Crippen LogP contribution in [0, 0.1) is 23.2 Å². The zero-order chi connectivity index (χ0) is 17.3. The highest BCUT2D eigenvalue weighted by Gasteiger charge is 2.36. The molecule has 1 aliphatic heterocycles. The van der Waals surface area contributed by atoms with E-state index in [0.29, 0.717) is 18.7 Å². The summed E-state index contributed by atoms with van der Waals surface area (Å²) in [5, 5.41) is 8.93. The van der Waals surface area contributed by atoms with Crippen molar-refractivity contribution in [3.63, 3.8) is 0 Å². The molecule has 1 fully saturated rings. The van der Waals surface area contributed by atoms with Gasteiger partial charge in [-0.1, -0.05) is 32.0 Å². The minimum atomic E-state index is -3.88. The molecule has 1 aromatic carbocycles. The second-order valence-electron chi connectivity index (χ2n) is 6.40. The monoisotopic (exact) mass is 345 g/mol. The fourth-order valence-electron chi connectivity index (χ4n) is 3.18. The third kappa shape index (κ3) is 3.07. The quantitative estimate of drug-likeness (QED) is 0.853. The van der Waals surface area contributed by atoms with E-state index in [-0.39, 0.29) is 28.5 Å². The Hall–Kier alpha value is -2.17. The molecular weight excluding hydrogens is 326 g/mol. The van der Waals surface area contributed by atoms with Crippen LogP contribution in [0.3, 0.4) is 0 Å². The Morgan fingerprint density at radius 3 is 2.42 bits per heavy atom. The molecule has 2 aromatic rings. The smallest absolute Gasteiger partial charge is 0.279 e. The zero-order valence-electron chi connectivity index (χ0n) is 13.6. The minimum Gasteiger partial charge on any atom is -0.422 e. The fraction of sp³-hybridized carbons (Fsp3) is 0.412. The van der Waals surface area contributed by atoms with Gasteiger partial charge in [-0.05, 0) is 30.4 Å². The lowest BCUT2D eigenvalue weighted by Gasteiger charge is -2.33. The van der Waals surface area contributed by atoms with Crippen LogP contribution >= 0.6 is 0 Å². The van der Waals surface area contributed by atoms with Gasteiger partial charge in [0.05, 0.1) is 0 Å². The van der Waals surface area contributed by atoms with E-state index in [1.54, 1.807) is 24.3 Å². The molecule has 0 saturated carbocycles. The molecule has 0 unspecified atom stereocenters. The fourth-order valence-corrected chi connectivity index (χ4v) is 4.83. The first-order valence-corrected chi connectivity index (χ1v) is 9.32. The second kappa shape index (κ2) is 6.38. The van der Waals surface area contributed by atoms with E-state index < -0.39 is 10.0 Å². The first-order chi connectivity index (χ1) is 11.4. The van der Waals surface area contributed by atoms with E-state index in [4.69, 9.17) is 4.42 Å². The molecule has 6 nitrogen and oxygen atoms in total. The van der Waals surface area contributed by atoms with Crippen molar-refractivity contribution in [1.29, 1.82) is 5.26 Å². The summed E-state index contributed by atoms with van der Waals surface area (Å²) in [7, 11) is -3.88. The number of hydrogen-bond donors (Lipinski definition) is 0. The lowest BCUT2D eigenvalue weighted by atomic mass is 9.94. The van der Waals surface area contributed by atoms with Gasteiger partial charge in [-0.3, -0.25) is 0 Å². The van der Waals surface area contributed by atoms with Gasteiger partial charge in [-0.2, -0.15) is 14.6 Å². The molecular formula is C17H19N3O3S. The summed E-state index contributed by atoms with van der Waals surface area (Å²) < 4.78 is 32.8. The van der Waals surface area contributed by atoms with Gasteiger partial charge in [0.25, 0.3) is 15.1 Å². The topological polar surface area (TPSA) is 87.2 Å². The van der Waals surface area contributed by atoms with Crippen LogP contribution in [-0.2, 0) is 10.0 Å². The van der Waals surface area contributed by atoms with Gasteiger partial charge >= 0.3 is 0 Å². The van der Waals surface area contributed by atoms with E-state index in [0.717, 1.165) is 6.42 Å². The van der Waals surface area contributed by atoms with Crippen molar-refractivity contribution in [2.45, 2.75) is 25.4 Å². The van der Waals surface area contributed by atoms with Crippen LogP contribution in [0.25, 0.3) is 11.5 Å². The van der Waals surface area contributed by atoms with Gasteiger partial charge < -0.3 is 4.42 Å². The number of nitrogens with zero attached hydrogens (tertiary/aromatic N) is 3. The summed E-state index contributed by atoms with van der Waals surface area (Å²) in [5.74, 6) is 0.681. The number of benzene rings is 1. The highest BCUT2D eigenvalue weighted by molar-refractivity contribution is 7.89. The van der Waals surface area contributed by atoms with Crippen LogP contribution in [0.2, 0.25) is 0 Å². The predicted molar refractivity (Wildman–Crippen MR) is 88.4 cm³/mol. The first-order valence-electron chi connectivity index (χ1n) is 7.88. The summed E-state index contributed by atoms with van der Waals surface area (Å²) >= 11 is 0. The van der Waals surface area contributed by atoms with Crippen molar-refractivity contribution in [3.8, 4) is 17.5 Å². The lowest BCUT2D eigenvalue weighted by Crippen LogP contribution is -2.42. The minimum absolute atomic E-state index is 0.142. The summed E-state index contributed by atoms with van der Waals surface area (Å²) in [6, 6.07) is 10.8. The predicted octanol–water partition coefficient (Wildman–Crippen LogP) is 2.88. The van der Waals surface area contributed by atoms with Gasteiger partial charge in [0, 0.05) is 18.7 Å². The molecule has 1 aromatic heterocycles. The van der Waals surface area contributed by atoms with Crippen LogP contribution in [0.15, 0.2) is 39.8 Å². The molecule has 24 heavy (non-hydrogen) atoms. The normalized spacial score (nSPS) is 22.2. The Labute approximate surface area is 141 Å². The van der Waals surface area contributed by atoms with Gasteiger partial charge in [0.1, 0.15) is 6.07 Å². The van der Waals surface area contributed by atoms with E-state index in [1.165, 1.54) is 4.31 Å². The molecule has 126 valence electrons. The Morgan fingerprint density at radius 1 is 1.21 bits per heavy atom. The largest absolute Gasteiger partial charge is 0.422 e. The Bertz CT molecular complexity index is 858. The zero-order valence-corrected chi connectivity index (χ0v) is 14.5. The summed E-state index contributed by atoms with van der Waals surface area (Å²) in [6.07, 6.45) is 0.989. The maximum Gasteiger partial charge on any atom is 0.279 e. The molecule has 0 spiro atoms. The van der Waals surface area contributed by atoms with Gasteiger partial charge in [0.15, 0.2) is 5.69 Å². The lowest BCUT2D eigenvalue weighted by molar-refractivity contribution is 0.219. The third-order valence-electron chi connectivity index (χ3n) is 4.13. The molecule has 2 atom stereocenters. The molecule has 0 radical (unpaired) electrons. The van der Waals surface area contributed by atoms with Crippen LogP contribution < -0.4 is 0 Å². The highest BCUT2D eigenvalue weighted by atomic mass is 32.2. The van der Waals surface area contributed by atoms with E-state index in [2.05, 4.69) is 4.98 Å². The molecule has 0 amide bonds. The van der Waals surface area contributed by atoms with Gasteiger partial charge in [0.2, 0.25) is 5.89 Å². The number of hydrogen-bond acceptors (Lipinski definition) is 5. The van der Waals surface area contributed by atoms with Crippen molar-refractivity contribution < 1.29 is 12.8 Å². The van der Waals surface area contributed by atoms with Crippen LogP contribution in [0.5, 0.6) is 0 Å². The van der Waals surface area contributed by atoms with Crippen molar-refractivity contribution >= 4 is 10.0 Å². The Kier molecular flexibility index (Phi) is 4.43. The summed E-state index contributed by atoms with van der Waals surface area (Å²) in [5.41, 5.74) is 0.440. The number of rotatable bonds is 3. The summed E-state index contributed by atoms with van der Waals surface area (Å²) in [4.78, 5) is 4.06. The molecule has 0 bridgehead atoms. The number of piperidine rings is 1. The standard InChI is InChI=1S/C17H19N3O3S/c1-12-8-13(2)11-20(10-12)24(21,22)17-15(9-18)19-16(23-17)14-6-4-3-5-7-14/h3-7,12-13H,8,10-11H2,1-2H3/t12-,13-/m0/s1. The first kappa shape index (κ1) is 16.7. The maximum absolute atomic E-state index is 12.9. The van der Waals surface area contributed by atoms with Crippen LogP contribution in [-0.4, -0.2) is 30.8 Å². The number of oxazole rings is 1. The van der Waals surface area contributed by atoms with E-state index in [1.807, 2.05) is 26.0 Å². The number of aromatic nitrogens is 1.